The first-order chi connectivity index (χ1) is 3.18. The highest BCUT2D eigenvalue weighted by Crippen LogP contribution is 1.87. The minimum Gasteiger partial charge on any atom is -0.466 e. The fraction of sp³-hybridized carbons (Fsp3) is 0.400. The van der Waals surface area contributed by atoms with Gasteiger partial charge in [-0.1, -0.05) is 6.58 Å². The predicted molar refractivity (Wildman–Crippen MR) is 36.8 cm³/mol. The predicted octanol–water partition coefficient (Wildman–Crippen LogP) is -0.448. The molecule has 0 heterocycles. The fourth-order valence-electron chi connectivity index (χ4n) is 0.174. The molecule has 46 valence electrons. The van der Waals surface area contributed by atoms with Gasteiger partial charge in [0.2, 0.25) is 0 Å². The van der Waals surface area contributed by atoms with Gasteiger partial charge in [0.1, 0.15) is 0 Å². The molecule has 0 aromatic rings. The molecule has 0 atom stereocenters. The Hall–Kier alpha value is -0.258. The second-order valence-electron chi connectivity index (χ2n) is 1.27. The van der Waals surface area contributed by atoms with Crippen molar-refractivity contribution in [2.45, 2.75) is 6.92 Å². The van der Waals surface area contributed by atoms with Crippen LogP contribution in [0.15, 0.2) is 12.2 Å². The van der Waals surface area contributed by atoms with E-state index in [1.54, 1.807) is 6.92 Å². The average Bonchev–Trinajstić information content (AvgIpc) is 1.65. The Morgan fingerprint density at radius 1 is 1.62 bits per heavy atom. The summed E-state index contributed by atoms with van der Waals surface area (Å²) in [5.41, 5.74) is 0.433. The van der Waals surface area contributed by atoms with Crippen molar-refractivity contribution in [3.63, 3.8) is 0 Å². The number of methoxy groups -OCH3 is 1. The van der Waals surface area contributed by atoms with Gasteiger partial charge in [-0.05, 0) is 6.92 Å². The molecular formula is C5H11AlO2. The Labute approximate surface area is 59.7 Å². The van der Waals surface area contributed by atoms with Gasteiger partial charge in [0.25, 0.3) is 0 Å². The largest absolute Gasteiger partial charge is 0.466 e. The van der Waals surface area contributed by atoms with Crippen LogP contribution in [0.5, 0.6) is 0 Å². The molecule has 0 saturated carbocycles. The lowest BCUT2D eigenvalue weighted by atomic mass is 10.4. The van der Waals surface area contributed by atoms with E-state index in [0.717, 1.165) is 0 Å². The Morgan fingerprint density at radius 2 is 2.00 bits per heavy atom. The summed E-state index contributed by atoms with van der Waals surface area (Å²) >= 11 is 0. The Kier molecular flexibility index (Phi) is 6.53. The summed E-state index contributed by atoms with van der Waals surface area (Å²) in [5, 5.41) is 0. The second-order valence-corrected chi connectivity index (χ2v) is 1.27. The molecule has 0 rings (SSSR count). The molecule has 0 aliphatic carbocycles. The zero-order chi connectivity index (χ0) is 5.86. The smallest absolute Gasteiger partial charge is 0.332 e. The summed E-state index contributed by atoms with van der Waals surface area (Å²) in [4.78, 5) is 10.2. The van der Waals surface area contributed by atoms with Gasteiger partial charge >= 0.3 is 5.97 Å². The Bertz CT molecular complexity index is 98.6. The quantitative estimate of drug-likeness (QED) is 0.273. The van der Waals surface area contributed by atoms with Crippen molar-refractivity contribution in [2.75, 3.05) is 7.11 Å². The third kappa shape index (κ3) is 3.92. The number of rotatable bonds is 1. The van der Waals surface area contributed by atoms with Gasteiger partial charge in [-0.25, -0.2) is 4.79 Å². The maximum absolute atomic E-state index is 10.2. The summed E-state index contributed by atoms with van der Waals surface area (Å²) in [6.07, 6.45) is 0. The van der Waals surface area contributed by atoms with E-state index in [9.17, 15) is 4.79 Å². The van der Waals surface area contributed by atoms with E-state index >= 15 is 0 Å². The monoisotopic (exact) mass is 130 g/mol. The lowest BCUT2D eigenvalue weighted by Crippen LogP contribution is -1.98. The molecule has 0 unspecified atom stereocenters. The molecule has 2 nitrogen and oxygen atoms in total. The van der Waals surface area contributed by atoms with E-state index in [4.69, 9.17) is 0 Å². The minimum absolute atomic E-state index is 0. The van der Waals surface area contributed by atoms with E-state index < -0.39 is 0 Å². The highest BCUT2D eigenvalue weighted by Gasteiger charge is 1.95. The summed E-state index contributed by atoms with van der Waals surface area (Å²) in [7, 11) is 1.33. The van der Waals surface area contributed by atoms with Crippen LogP contribution in [0.4, 0.5) is 0 Å². The van der Waals surface area contributed by atoms with Crippen LogP contribution in [-0.4, -0.2) is 30.4 Å². The van der Waals surface area contributed by atoms with Crippen LogP contribution in [0.2, 0.25) is 0 Å². The van der Waals surface area contributed by atoms with E-state index in [0.29, 0.717) is 5.57 Å². The van der Waals surface area contributed by atoms with Crippen molar-refractivity contribution >= 4 is 23.3 Å². The molecule has 0 fully saturated rings. The van der Waals surface area contributed by atoms with E-state index in [1.807, 2.05) is 0 Å². The zero-order valence-corrected chi connectivity index (χ0v) is 4.52. The van der Waals surface area contributed by atoms with E-state index in [1.165, 1.54) is 7.11 Å². The standard InChI is InChI=1S/C5H8O2.Al.3H/c1-4(2)5(6)7-3;;;;/h1H2,2-3H3;;;;. The van der Waals surface area contributed by atoms with Gasteiger partial charge in [-0.15, -0.1) is 0 Å². The van der Waals surface area contributed by atoms with Gasteiger partial charge in [0, 0.05) is 5.57 Å². The molecule has 0 aliphatic rings. The summed E-state index contributed by atoms with van der Waals surface area (Å²) in [6, 6.07) is 0. The lowest BCUT2D eigenvalue weighted by Gasteiger charge is -1.91. The number of carbonyl (C=O) groups is 1. The van der Waals surface area contributed by atoms with Gasteiger partial charge in [0.05, 0.1) is 7.11 Å². The van der Waals surface area contributed by atoms with Crippen molar-refractivity contribution in [1.29, 1.82) is 0 Å². The molecule has 0 aromatic heterocycles. The van der Waals surface area contributed by atoms with Crippen molar-refractivity contribution in [3.8, 4) is 0 Å². The Morgan fingerprint density at radius 3 is 2.00 bits per heavy atom. The van der Waals surface area contributed by atoms with E-state index in [-0.39, 0.29) is 23.3 Å². The molecular weight excluding hydrogens is 119 g/mol. The molecule has 8 heavy (non-hydrogen) atoms. The van der Waals surface area contributed by atoms with Gasteiger partial charge in [0.15, 0.2) is 17.4 Å². The highest BCUT2D eigenvalue weighted by molar-refractivity contribution is 5.86. The second kappa shape index (κ2) is 4.89. The number of esters is 1. The average molecular weight is 130 g/mol. The molecule has 0 spiro atoms. The topological polar surface area (TPSA) is 26.3 Å². The first-order valence-electron chi connectivity index (χ1n) is 1.92. The summed E-state index contributed by atoms with van der Waals surface area (Å²) < 4.78 is 4.27. The van der Waals surface area contributed by atoms with Crippen LogP contribution in [0.1, 0.15) is 6.92 Å². The maximum Gasteiger partial charge on any atom is 0.332 e. The van der Waals surface area contributed by atoms with Gasteiger partial charge in [-0.2, -0.15) is 0 Å². The summed E-state index contributed by atoms with van der Waals surface area (Å²) in [5.74, 6) is -0.347. The molecule has 0 saturated heterocycles. The molecule has 0 amide bonds. The van der Waals surface area contributed by atoms with Crippen LogP contribution in [0, 0.1) is 0 Å². The third-order valence-electron chi connectivity index (χ3n) is 0.534. The molecule has 0 aliphatic heterocycles. The SMILES string of the molecule is C=C(C)C(=O)OC.[AlH3]. The minimum atomic E-state index is -0.347. The first-order valence-corrected chi connectivity index (χ1v) is 1.92. The fourth-order valence-corrected chi connectivity index (χ4v) is 0.174. The molecule has 0 radical (unpaired) electrons. The highest BCUT2D eigenvalue weighted by atomic mass is 27.0. The van der Waals surface area contributed by atoms with Crippen LogP contribution in [0.25, 0.3) is 0 Å². The van der Waals surface area contributed by atoms with Gasteiger partial charge in [-0.3, -0.25) is 0 Å². The molecule has 0 bridgehead atoms. The number of carbonyl (C=O) groups excluding carboxylic acids is 1. The number of ether oxygens (including phenoxy) is 1. The molecule has 0 N–H and O–H groups in total. The van der Waals surface area contributed by atoms with Crippen molar-refractivity contribution in [3.05, 3.63) is 12.2 Å². The Balaban J connectivity index is 0. The van der Waals surface area contributed by atoms with Crippen LogP contribution >= 0.6 is 0 Å². The molecule has 0 aromatic carbocycles. The zero-order valence-electron chi connectivity index (χ0n) is 4.52. The number of hydrogen-bond donors (Lipinski definition) is 0. The van der Waals surface area contributed by atoms with Gasteiger partial charge < -0.3 is 4.74 Å². The normalized spacial score (nSPS) is 6.75. The number of hydrogen-bond acceptors (Lipinski definition) is 2. The maximum atomic E-state index is 10.2. The van der Waals surface area contributed by atoms with Crippen molar-refractivity contribution < 1.29 is 9.53 Å². The lowest BCUT2D eigenvalue weighted by molar-refractivity contribution is -0.135. The van der Waals surface area contributed by atoms with Crippen LogP contribution in [0.3, 0.4) is 0 Å². The summed E-state index contributed by atoms with van der Waals surface area (Å²) in [6.45, 7) is 4.95. The van der Waals surface area contributed by atoms with Crippen LogP contribution < -0.4 is 0 Å². The first kappa shape index (κ1) is 10.7. The van der Waals surface area contributed by atoms with Crippen molar-refractivity contribution in [1.82, 2.24) is 0 Å². The van der Waals surface area contributed by atoms with E-state index in [2.05, 4.69) is 11.3 Å². The van der Waals surface area contributed by atoms with Crippen LogP contribution in [-0.2, 0) is 9.53 Å². The molecule has 3 heteroatoms. The van der Waals surface area contributed by atoms with Crippen molar-refractivity contribution in [2.24, 2.45) is 0 Å². The third-order valence-corrected chi connectivity index (χ3v) is 0.534.